The van der Waals surface area contributed by atoms with Crippen LogP contribution in [-0.4, -0.2) is 6.21 Å². The normalized spacial score (nSPS) is 12.4. The molecule has 0 amide bonds. The minimum absolute atomic E-state index is 0.134. The van der Waals surface area contributed by atoms with Crippen LogP contribution in [0.25, 0.3) is 0 Å². The maximum Gasteiger partial charge on any atom is 0.0512 e. The molecule has 0 bridgehead atoms. The summed E-state index contributed by atoms with van der Waals surface area (Å²) in [4.78, 5) is 6.13. The summed E-state index contributed by atoms with van der Waals surface area (Å²) < 4.78 is 0. The van der Waals surface area contributed by atoms with Crippen molar-refractivity contribution in [1.29, 1.82) is 0 Å². The number of benzene rings is 3. The Bertz CT molecular complexity index is 1020. The maximum absolute atomic E-state index is 4.84. The van der Waals surface area contributed by atoms with Crippen LogP contribution >= 0.6 is 11.8 Å². The quantitative estimate of drug-likeness (QED) is 0.250. The third-order valence-electron chi connectivity index (χ3n) is 5.41. The highest BCUT2D eigenvalue weighted by molar-refractivity contribution is 7.98. The molecule has 1 nitrogen and oxygen atoms in total. The number of hydrogen-bond donors (Lipinski definition) is 0. The van der Waals surface area contributed by atoms with Gasteiger partial charge >= 0.3 is 0 Å². The van der Waals surface area contributed by atoms with E-state index in [0.717, 1.165) is 17.9 Å². The highest BCUT2D eigenvalue weighted by Gasteiger charge is 2.21. The average Bonchev–Trinajstić information content (AvgIpc) is 2.85. The molecule has 0 N–H and O–H groups in total. The number of nitrogens with zero attached hydrogens (tertiary/aromatic N) is 1. The van der Waals surface area contributed by atoms with Gasteiger partial charge in [0.1, 0.15) is 0 Å². The number of aryl methyl sites for hydroxylation is 1. The van der Waals surface area contributed by atoms with Crippen LogP contribution in [-0.2, 0) is 5.75 Å². The Balaban J connectivity index is 0.00000176. The Morgan fingerprint density at radius 3 is 2.34 bits per heavy atom. The lowest BCUT2D eigenvalue weighted by Crippen LogP contribution is -2.07. The lowest BCUT2D eigenvalue weighted by molar-refractivity contribution is 0.905. The van der Waals surface area contributed by atoms with Gasteiger partial charge in [0.15, 0.2) is 0 Å². The van der Waals surface area contributed by atoms with Gasteiger partial charge in [-0.15, -0.1) is 11.8 Å². The SMILES string of the molecule is C/C=C(\N=CCC)C(c1cccc(SCc2ccccc2)c1)c1cccc(C)c1C.CC. The number of hydrogen-bond acceptors (Lipinski definition) is 2. The summed E-state index contributed by atoms with van der Waals surface area (Å²) in [5.74, 6) is 1.11. The average molecular weight is 444 g/mol. The second kappa shape index (κ2) is 13.8. The standard InChI is InChI=1S/C28H31NS.C2H6/c1-5-18-29-27(6-2)28(26-17-10-12-21(3)22(26)4)24-15-11-16-25(19-24)30-20-23-13-8-7-9-14-23;1-2/h6-19,28H,5,20H2,1-4H3;1-2H3/b27-6-,29-18?;. The molecular weight excluding hydrogens is 406 g/mol. The Morgan fingerprint density at radius 2 is 1.66 bits per heavy atom. The second-order valence-corrected chi connectivity index (χ2v) is 8.55. The molecule has 0 heterocycles. The highest BCUT2D eigenvalue weighted by Crippen LogP contribution is 2.37. The van der Waals surface area contributed by atoms with Crippen LogP contribution < -0.4 is 0 Å². The Labute approximate surface area is 199 Å². The predicted molar refractivity (Wildman–Crippen MR) is 144 cm³/mol. The predicted octanol–water partition coefficient (Wildman–Crippen LogP) is 9.14. The molecule has 3 rings (SSSR count). The summed E-state index contributed by atoms with van der Waals surface area (Å²) in [5.41, 5.74) is 7.75. The van der Waals surface area contributed by atoms with Crippen molar-refractivity contribution in [2.45, 2.75) is 64.5 Å². The molecule has 0 saturated carbocycles. The van der Waals surface area contributed by atoms with Gasteiger partial charge in [-0.1, -0.05) is 87.5 Å². The smallest absolute Gasteiger partial charge is 0.0512 e. The minimum atomic E-state index is 0.134. The summed E-state index contributed by atoms with van der Waals surface area (Å²) in [5, 5.41) is 0. The van der Waals surface area contributed by atoms with Gasteiger partial charge in [0.2, 0.25) is 0 Å². The van der Waals surface area contributed by atoms with E-state index in [4.69, 9.17) is 4.99 Å². The molecule has 1 unspecified atom stereocenters. The van der Waals surface area contributed by atoms with Crippen molar-refractivity contribution >= 4 is 18.0 Å². The van der Waals surface area contributed by atoms with Gasteiger partial charge in [-0.25, -0.2) is 0 Å². The fourth-order valence-corrected chi connectivity index (χ4v) is 4.55. The fourth-order valence-electron chi connectivity index (χ4n) is 3.63. The molecule has 0 aliphatic carbocycles. The molecule has 0 fully saturated rings. The molecule has 2 heteroatoms. The van der Waals surface area contributed by atoms with Crippen molar-refractivity contribution < 1.29 is 0 Å². The van der Waals surface area contributed by atoms with Crippen LogP contribution in [0.15, 0.2) is 94.5 Å². The first kappa shape index (κ1) is 25.7. The lowest BCUT2D eigenvalue weighted by Gasteiger charge is -2.22. The maximum atomic E-state index is 4.84. The first-order valence-corrected chi connectivity index (χ1v) is 12.6. The van der Waals surface area contributed by atoms with Crippen LogP contribution in [0, 0.1) is 13.8 Å². The fraction of sp³-hybridized carbons (Fsp3) is 0.300. The molecule has 0 aliphatic rings. The molecule has 0 aromatic heterocycles. The van der Waals surface area contributed by atoms with E-state index in [1.807, 2.05) is 31.8 Å². The lowest BCUT2D eigenvalue weighted by atomic mass is 9.84. The van der Waals surface area contributed by atoms with Crippen molar-refractivity contribution in [1.82, 2.24) is 0 Å². The minimum Gasteiger partial charge on any atom is -0.265 e. The van der Waals surface area contributed by atoms with Gasteiger partial charge in [-0.05, 0) is 67.1 Å². The van der Waals surface area contributed by atoms with Crippen molar-refractivity contribution in [3.63, 3.8) is 0 Å². The molecule has 32 heavy (non-hydrogen) atoms. The van der Waals surface area contributed by atoms with E-state index in [-0.39, 0.29) is 5.92 Å². The van der Waals surface area contributed by atoms with Crippen molar-refractivity contribution in [2.75, 3.05) is 0 Å². The largest absolute Gasteiger partial charge is 0.265 e. The summed E-state index contributed by atoms with van der Waals surface area (Å²) in [6.45, 7) is 12.6. The van der Waals surface area contributed by atoms with E-state index < -0.39 is 0 Å². The van der Waals surface area contributed by atoms with Crippen molar-refractivity contribution in [3.05, 3.63) is 112 Å². The zero-order valence-electron chi connectivity index (χ0n) is 20.4. The van der Waals surface area contributed by atoms with Gasteiger partial charge < -0.3 is 0 Å². The van der Waals surface area contributed by atoms with Crippen LogP contribution in [0.3, 0.4) is 0 Å². The van der Waals surface area contributed by atoms with E-state index in [1.54, 1.807) is 0 Å². The third-order valence-corrected chi connectivity index (χ3v) is 6.48. The summed E-state index contributed by atoms with van der Waals surface area (Å²) in [6.07, 6.45) is 5.10. The molecule has 0 saturated heterocycles. The van der Waals surface area contributed by atoms with E-state index in [9.17, 15) is 0 Å². The van der Waals surface area contributed by atoms with E-state index in [0.29, 0.717) is 0 Å². The zero-order valence-corrected chi connectivity index (χ0v) is 21.2. The van der Waals surface area contributed by atoms with Gasteiger partial charge in [0.25, 0.3) is 0 Å². The van der Waals surface area contributed by atoms with E-state index >= 15 is 0 Å². The van der Waals surface area contributed by atoms with Gasteiger partial charge in [-0.2, -0.15) is 0 Å². The van der Waals surface area contributed by atoms with Crippen LogP contribution in [0.1, 0.15) is 67.9 Å². The van der Waals surface area contributed by atoms with Gasteiger partial charge in [0, 0.05) is 22.6 Å². The summed E-state index contributed by atoms with van der Waals surface area (Å²) in [6, 6.07) is 26.2. The van der Waals surface area contributed by atoms with Gasteiger partial charge in [-0.3, -0.25) is 4.99 Å². The number of aliphatic imine (C=N–C) groups is 1. The van der Waals surface area contributed by atoms with Crippen molar-refractivity contribution in [3.8, 4) is 0 Å². The summed E-state index contributed by atoms with van der Waals surface area (Å²) in [7, 11) is 0. The monoisotopic (exact) mass is 443 g/mol. The van der Waals surface area contributed by atoms with Gasteiger partial charge in [0.05, 0.1) is 5.92 Å². The molecule has 0 aliphatic heterocycles. The molecule has 0 spiro atoms. The Kier molecular flexibility index (Phi) is 11.0. The molecular formula is C30H37NS. The van der Waals surface area contributed by atoms with Crippen molar-refractivity contribution in [2.24, 2.45) is 4.99 Å². The second-order valence-electron chi connectivity index (χ2n) is 7.50. The van der Waals surface area contributed by atoms with E-state index in [2.05, 4.69) is 107 Å². The molecule has 3 aromatic rings. The first-order valence-electron chi connectivity index (χ1n) is 11.7. The first-order chi connectivity index (χ1) is 15.6. The third kappa shape index (κ3) is 6.97. The topological polar surface area (TPSA) is 12.4 Å². The highest BCUT2D eigenvalue weighted by atomic mass is 32.2. The Morgan fingerprint density at radius 1 is 0.938 bits per heavy atom. The molecule has 168 valence electrons. The number of rotatable bonds is 8. The number of thioether (sulfide) groups is 1. The van der Waals surface area contributed by atoms with E-state index in [1.165, 1.54) is 32.7 Å². The Hall–Kier alpha value is -2.58. The summed E-state index contributed by atoms with van der Waals surface area (Å²) >= 11 is 1.89. The zero-order chi connectivity index (χ0) is 23.3. The van der Waals surface area contributed by atoms with Crippen LogP contribution in [0.5, 0.6) is 0 Å². The van der Waals surface area contributed by atoms with Crippen LogP contribution in [0.2, 0.25) is 0 Å². The van der Waals surface area contributed by atoms with Crippen LogP contribution in [0.4, 0.5) is 0 Å². The molecule has 3 aromatic carbocycles. The number of allylic oxidation sites excluding steroid dienone is 2. The molecule has 1 atom stereocenters. The molecule has 0 radical (unpaired) electrons.